The lowest BCUT2D eigenvalue weighted by molar-refractivity contribution is 0.0941. The molecule has 5 nitrogen and oxygen atoms in total. The number of halogens is 1. The summed E-state index contributed by atoms with van der Waals surface area (Å²) in [5.41, 5.74) is -0.185. The van der Waals surface area contributed by atoms with Crippen molar-refractivity contribution in [3.05, 3.63) is 44.6 Å². The zero-order valence-corrected chi connectivity index (χ0v) is 15.2. The van der Waals surface area contributed by atoms with Crippen LogP contribution in [0.1, 0.15) is 17.7 Å². The molecule has 3 aromatic rings. The topological polar surface area (TPSA) is 59.9 Å². The monoisotopic (exact) mass is 381 g/mol. The number of rotatable bonds is 5. The lowest BCUT2D eigenvalue weighted by Crippen LogP contribution is -2.24. The summed E-state index contributed by atoms with van der Waals surface area (Å²) in [4.78, 5) is 13.1. The first kappa shape index (κ1) is 16.2. The molecule has 1 aliphatic rings. The average Bonchev–Trinajstić information content (AvgIpc) is 3.29. The van der Waals surface area contributed by atoms with Crippen molar-refractivity contribution < 1.29 is 4.74 Å². The molecule has 8 heteroatoms. The van der Waals surface area contributed by atoms with Gasteiger partial charge in [-0.05, 0) is 18.9 Å². The summed E-state index contributed by atoms with van der Waals surface area (Å²) in [6.07, 6.45) is 2.15. The minimum absolute atomic E-state index is 0.104. The van der Waals surface area contributed by atoms with Gasteiger partial charge in [0.2, 0.25) is 0 Å². The van der Waals surface area contributed by atoms with Gasteiger partial charge < -0.3 is 4.74 Å². The summed E-state index contributed by atoms with van der Waals surface area (Å²) in [7, 11) is 0. The zero-order valence-electron chi connectivity index (χ0n) is 12.8. The number of benzene rings is 1. The van der Waals surface area contributed by atoms with E-state index in [2.05, 4.69) is 16.3 Å². The van der Waals surface area contributed by atoms with Gasteiger partial charge in [0.25, 0.3) is 0 Å². The summed E-state index contributed by atoms with van der Waals surface area (Å²) in [6.45, 7) is 1.33. The predicted octanol–water partition coefficient (Wildman–Crippen LogP) is 3.91. The van der Waals surface area contributed by atoms with E-state index in [0.29, 0.717) is 17.5 Å². The third-order valence-electron chi connectivity index (χ3n) is 4.07. The van der Waals surface area contributed by atoms with E-state index in [1.54, 1.807) is 15.9 Å². The predicted molar refractivity (Wildman–Crippen MR) is 98.2 cm³/mol. The number of nitrogens with one attached hydrogen (secondary N) is 1. The van der Waals surface area contributed by atoms with E-state index < -0.39 is 0 Å². The molecule has 0 radical (unpaired) electrons. The zero-order chi connectivity index (χ0) is 16.5. The van der Waals surface area contributed by atoms with Crippen LogP contribution in [0.3, 0.4) is 0 Å². The third kappa shape index (κ3) is 3.13. The molecule has 1 atom stereocenters. The lowest BCUT2D eigenvalue weighted by atomic mass is 10.2. The number of thioether (sulfide) groups is 1. The second-order valence-corrected chi connectivity index (χ2v) is 8.14. The minimum Gasteiger partial charge on any atom is -0.376 e. The molecule has 1 fully saturated rings. The number of H-pyrrole nitrogens is 1. The summed E-state index contributed by atoms with van der Waals surface area (Å²) >= 11 is 9.70. The Bertz CT molecular complexity index is 912. The van der Waals surface area contributed by atoms with Crippen LogP contribution in [0.25, 0.3) is 10.1 Å². The van der Waals surface area contributed by atoms with Crippen LogP contribution in [0.4, 0.5) is 0 Å². The highest BCUT2D eigenvalue weighted by Crippen LogP contribution is 2.38. The van der Waals surface area contributed by atoms with Gasteiger partial charge in [0.05, 0.1) is 17.7 Å². The fourth-order valence-electron chi connectivity index (χ4n) is 2.85. The van der Waals surface area contributed by atoms with Crippen LogP contribution >= 0.6 is 34.7 Å². The maximum Gasteiger partial charge on any atom is 0.344 e. The van der Waals surface area contributed by atoms with Crippen LogP contribution in [0.5, 0.6) is 0 Å². The van der Waals surface area contributed by atoms with Crippen LogP contribution in [0.15, 0.2) is 34.2 Å². The van der Waals surface area contributed by atoms with Gasteiger partial charge in [-0.1, -0.05) is 41.6 Å². The SMILES string of the molecule is O=c1[nH]nc(SCc2sc3ccccc3c2Cl)n1C[C@@H]1CCCO1. The van der Waals surface area contributed by atoms with Crippen molar-refractivity contribution in [2.24, 2.45) is 0 Å². The van der Waals surface area contributed by atoms with Gasteiger partial charge in [-0.15, -0.1) is 16.4 Å². The van der Waals surface area contributed by atoms with E-state index in [9.17, 15) is 4.79 Å². The van der Waals surface area contributed by atoms with E-state index >= 15 is 0 Å². The summed E-state index contributed by atoms with van der Waals surface area (Å²) in [6, 6.07) is 8.11. The third-order valence-corrected chi connectivity index (χ3v) is 6.97. The van der Waals surface area contributed by atoms with Crippen molar-refractivity contribution in [3.8, 4) is 0 Å². The lowest BCUT2D eigenvalue weighted by Gasteiger charge is -2.10. The van der Waals surface area contributed by atoms with Crippen molar-refractivity contribution in [2.75, 3.05) is 6.61 Å². The van der Waals surface area contributed by atoms with E-state index in [1.165, 1.54) is 16.5 Å². The number of aromatic amines is 1. The van der Waals surface area contributed by atoms with Gasteiger partial charge in [0.15, 0.2) is 5.16 Å². The molecular formula is C16H16ClN3O2S2. The number of ether oxygens (including phenoxy) is 1. The Hall–Kier alpha value is -1.28. The Labute approximate surface area is 152 Å². The first-order valence-electron chi connectivity index (χ1n) is 7.78. The fraction of sp³-hybridized carbons (Fsp3) is 0.375. The molecule has 0 aliphatic carbocycles. The molecule has 1 N–H and O–H groups in total. The van der Waals surface area contributed by atoms with Crippen molar-refractivity contribution in [1.29, 1.82) is 0 Å². The largest absolute Gasteiger partial charge is 0.376 e. The van der Waals surface area contributed by atoms with Crippen LogP contribution in [-0.2, 0) is 17.0 Å². The van der Waals surface area contributed by atoms with Crippen molar-refractivity contribution >= 4 is 44.8 Å². The van der Waals surface area contributed by atoms with Gasteiger partial charge in [-0.25, -0.2) is 9.89 Å². The second kappa shape index (κ2) is 6.92. The molecule has 0 amide bonds. The quantitative estimate of drug-likeness (QED) is 0.680. The average molecular weight is 382 g/mol. The minimum atomic E-state index is -0.185. The molecule has 0 spiro atoms. The Morgan fingerprint density at radius 2 is 2.33 bits per heavy atom. The van der Waals surface area contributed by atoms with Crippen LogP contribution < -0.4 is 5.69 Å². The molecule has 1 aliphatic heterocycles. The first-order chi connectivity index (χ1) is 11.7. The number of nitrogens with zero attached hydrogens (tertiary/aromatic N) is 2. The maximum absolute atomic E-state index is 12.0. The second-order valence-electron chi connectivity index (χ2n) is 5.68. The molecule has 3 heterocycles. The van der Waals surface area contributed by atoms with Crippen LogP contribution in [0.2, 0.25) is 5.02 Å². The molecule has 0 saturated carbocycles. The highest BCUT2D eigenvalue weighted by Gasteiger charge is 2.20. The molecule has 0 bridgehead atoms. The van der Waals surface area contributed by atoms with Crippen LogP contribution in [0, 0.1) is 0 Å². The maximum atomic E-state index is 12.0. The van der Waals surface area contributed by atoms with Crippen LogP contribution in [-0.4, -0.2) is 27.5 Å². The number of thiophene rings is 1. The summed E-state index contributed by atoms with van der Waals surface area (Å²) < 4.78 is 8.47. The first-order valence-corrected chi connectivity index (χ1v) is 9.96. The highest BCUT2D eigenvalue weighted by molar-refractivity contribution is 7.98. The molecular weight excluding hydrogens is 366 g/mol. The van der Waals surface area contributed by atoms with Crippen molar-refractivity contribution in [1.82, 2.24) is 14.8 Å². The van der Waals surface area contributed by atoms with Gasteiger partial charge in [0, 0.05) is 27.3 Å². The van der Waals surface area contributed by atoms with Crippen molar-refractivity contribution in [2.45, 2.75) is 36.4 Å². The molecule has 1 aromatic carbocycles. The Balaban J connectivity index is 1.53. The molecule has 126 valence electrons. The van der Waals surface area contributed by atoms with E-state index in [0.717, 1.165) is 34.7 Å². The molecule has 2 aromatic heterocycles. The van der Waals surface area contributed by atoms with Gasteiger partial charge in [-0.2, -0.15) is 0 Å². The van der Waals surface area contributed by atoms with Crippen molar-refractivity contribution in [3.63, 3.8) is 0 Å². The smallest absolute Gasteiger partial charge is 0.344 e. The van der Waals surface area contributed by atoms with Gasteiger partial charge >= 0.3 is 5.69 Å². The fourth-order valence-corrected chi connectivity index (χ4v) is 5.47. The summed E-state index contributed by atoms with van der Waals surface area (Å²) in [5, 5.41) is 9.26. The van der Waals surface area contributed by atoms with E-state index in [4.69, 9.17) is 16.3 Å². The molecule has 1 saturated heterocycles. The Morgan fingerprint density at radius 1 is 1.46 bits per heavy atom. The Kier molecular flexibility index (Phi) is 4.67. The number of fused-ring (bicyclic) bond motifs is 1. The molecule has 0 unspecified atom stereocenters. The van der Waals surface area contributed by atoms with Gasteiger partial charge in [0.1, 0.15) is 0 Å². The number of hydrogen-bond acceptors (Lipinski definition) is 5. The normalized spacial score (nSPS) is 17.8. The molecule has 24 heavy (non-hydrogen) atoms. The van der Waals surface area contributed by atoms with E-state index in [-0.39, 0.29) is 11.8 Å². The summed E-state index contributed by atoms with van der Waals surface area (Å²) in [5.74, 6) is 0.688. The standard InChI is InChI=1S/C16H16ClN3O2S2/c17-14-11-5-1-2-6-12(11)24-13(14)9-23-16-19-18-15(21)20(16)8-10-4-3-7-22-10/h1-2,5-6,10H,3-4,7-9H2,(H,18,21)/t10-/m0/s1. The van der Waals surface area contributed by atoms with E-state index in [1.807, 2.05) is 18.2 Å². The number of aromatic nitrogens is 3. The number of hydrogen-bond donors (Lipinski definition) is 1. The molecule has 4 rings (SSSR count). The highest BCUT2D eigenvalue weighted by atomic mass is 35.5. The van der Waals surface area contributed by atoms with Gasteiger partial charge in [-0.3, -0.25) is 4.57 Å². The Morgan fingerprint density at radius 3 is 3.12 bits per heavy atom.